The van der Waals surface area contributed by atoms with Crippen LogP contribution < -0.4 is 5.32 Å². The van der Waals surface area contributed by atoms with Crippen LogP contribution in [0.2, 0.25) is 0 Å². The molecule has 0 bridgehead atoms. The van der Waals surface area contributed by atoms with Gasteiger partial charge in [0.25, 0.3) is 0 Å². The molecule has 2 unspecified atom stereocenters. The largest absolute Gasteiger partial charge is 0.465 e. The molecule has 7 heteroatoms. The molecule has 2 atom stereocenters. The van der Waals surface area contributed by atoms with Crippen LogP contribution in [0.1, 0.15) is 35.3 Å². The molecule has 1 aromatic carbocycles. The number of ether oxygens (including phenoxy) is 2. The Hall–Kier alpha value is -2.22. The van der Waals surface area contributed by atoms with Crippen LogP contribution in [-0.4, -0.2) is 55.7 Å². The Bertz CT molecular complexity index is 898. The van der Waals surface area contributed by atoms with Crippen LogP contribution in [0.4, 0.5) is 5.00 Å². The van der Waals surface area contributed by atoms with E-state index >= 15 is 0 Å². The number of thiophene rings is 1. The van der Waals surface area contributed by atoms with Crippen molar-refractivity contribution in [2.75, 3.05) is 32.1 Å². The first-order valence-electron chi connectivity index (χ1n) is 9.73. The van der Waals surface area contributed by atoms with E-state index in [1.54, 1.807) is 0 Å². The summed E-state index contributed by atoms with van der Waals surface area (Å²) in [5.74, 6) is -0.600. The number of aryl methyl sites for hydroxylation is 2. The fourth-order valence-corrected chi connectivity index (χ4v) is 4.73. The third-order valence-electron chi connectivity index (χ3n) is 4.98. The molecule has 2 heterocycles. The van der Waals surface area contributed by atoms with E-state index < -0.39 is 5.97 Å². The SMILES string of the molecule is COC(=O)c1c(-c2cc(C)ccc2C)csc1NC(=O)CN1CC(C)OC(C)C1. The van der Waals surface area contributed by atoms with E-state index in [4.69, 9.17) is 9.47 Å². The van der Waals surface area contributed by atoms with Gasteiger partial charge in [0.15, 0.2) is 0 Å². The molecule has 1 saturated heterocycles. The molecule has 1 N–H and O–H groups in total. The molecular formula is C22H28N2O4S. The van der Waals surface area contributed by atoms with Crippen molar-refractivity contribution in [1.82, 2.24) is 4.90 Å². The van der Waals surface area contributed by atoms with Crippen molar-refractivity contribution in [3.8, 4) is 11.1 Å². The Balaban J connectivity index is 1.84. The minimum absolute atomic E-state index is 0.0924. The number of methoxy groups -OCH3 is 1. The Kier molecular flexibility index (Phi) is 6.72. The van der Waals surface area contributed by atoms with Crippen LogP contribution in [0.15, 0.2) is 23.6 Å². The van der Waals surface area contributed by atoms with Crippen LogP contribution in [0.25, 0.3) is 11.1 Å². The molecule has 0 spiro atoms. The van der Waals surface area contributed by atoms with Gasteiger partial charge in [0.1, 0.15) is 10.6 Å². The predicted octanol–water partition coefficient (Wildman–Crippen LogP) is 3.87. The van der Waals surface area contributed by atoms with E-state index in [1.807, 2.05) is 51.3 Å². The van der Waals surface area contributed by atoms with Crippen molar-refractivity contribution >= 4 is 28.2 Å². The fraction of sp³-hybridized carbons (Fsp3) is 0.455. The molecule has 1 aliphatic heterocycles. The highest BCUT2D eigenvalue weighted by Gasteiger charge is 2.26. The van der Waals surface area contributed by atoms with Gasteiger partial charge in [-0.05, 0) is 38.8 Å². The second kappa shape index (κ2) is 9.07. The lowest BCUT2D eigenvalue weighted by Crippen LogP contribution is -2.48. The lowest BCUT2D eigenvalue weighted by molar-refractivity contribution is -0.121. The van der Waals surface area contributed by atoms with Gasteiger partial charge in [0.2, 0.25) is 5.91 Å². The first-order valence-corrected chi connectivity index (χ1v) is 10.6. The number of carbonyl (C=O) groups is 2. The average Bonchev–Trinajstić information content (AvgIpc) is 3.05. The van der Waals surface area contributed by atoms with E-state index in [0.29, 0.717) is 23.7 Å². The Morgan fingerprint density at radius 2 is 1.90 bits per heavy atom. The molecule has 1 aliphatic rings. The monoisotopic (exact) mass is 416 g/mol. The Morgan fingerprint density at radius 3 is 2.55 bits per heavy atom. The molecule has 3 rings (SSSR count). The van der Waals surface area contributed by atoms with Gasteiger partial charge in [-0.25, -0.2) is 4.79 Å². The van der Waals surface area contributed by atoms with Gasteiger partial charge in [0, 0.05) is 24.0 Å². The highest BCUT2D eigenvalue weighted by molar-refractivity contribution is 7.15. The van der Waals surface area contributed by atoms with Gasteiger partial charge >= 0.3 is 5.97 Å². The van der Waals surface area contributed by atoms with Crippen molar-refractivity contribution in [2.24, 2.45) is 0 Å². The number of carbonyl (C=O) groups excluding carboxylic acids is 2. The second-order valence-corrected chi connectivity index (χ2v) is 8.54. The number of benzene rings is 1. The molecular weight excluding hydrogens is 388 g/mol. The van der Waals surface area contributed by atoms with Gasteiger partial charge < -0.3 is 14.8 Å². The van der Waals surface area contributed by atoms with Crippen LogP contribution in [0.5, 0.6) is 0 Å². The van der Waals surface area contributed by atoms with Crippen molar-refractivity contribution < 1.29 is 19.1 Å². The average molecular weight is 417 g/mol. The molecule has 6 nitrogen and oxygen atoms in total. The predicted molar refractivity (Wildman–Crippen MR) is 116 cm³/mol. The molecule has 29 heavy (non-hydrogen) atoms. The standard InChI is InChI=1S/C22H28N2O4S/c1-13-6-7-14(2)17(8-13)18-12-29-21(20(18)22(26)27-5)23-19(25)11-24-9-15(3)28-16(4)10-24/h6-8,12,15-16H,9-11H2,1-5H3,(H,23,25). The summed E-state index contributed by atoms with van der Waals surface area (Å²) in [5, 5.41) is 5.35. The number of morpholine rings is 1. The molecule has 1 fully saturated rings. The minimum Gasteiger partial charge on any atom is -0.465 e. The van der Waals surface area contributed by atoms with Gasteiger partial charge in [0.05, 0.1) is 25.9 Å². The fourth-order valence-electron chi connectivity index (χ4n) is 3.76. The number of nitrogens with one attached hydrogen (secondary N) is 1. The van der Waals surface area contributed by atoms with Crippen LogP contribution >= 0.6 is 11.3 Å². The summed E-state index contributed by atoms with van der Waals surface area (Å²) in [6, 6.07) is 6.12. The zero-order chi connectivity index (χ0) is 21.1. The summed E-state index contributed by atoms with van der Waals surface area (Å²) in [4.78, 5) is 27.3. The van der Waals surface area contributed by atoms with Crippen LogP contribution in [0.3, 0.4) is 0 Å². The topological polar surface area (TPSA) is 67.9 Å². The first-order chi connectivity index (χ1) is 13.8. The molecule has 156 valence electrons. The van der Waals surface area contributed by atoms with Gasteiger partial charge in [-0.15, -0.1) is 11.3 Å². The number of nitrogens with zero attached hydrogens (tertiary/aromatic N) is 1. The van der Waals surface area contributed by atoms with Crippen molar-refractivity contribution in [3.63, 3.8) is 0 Å². The highest BCUT2D eigenvalue weighted by atomic mass is 32.1. The van der Waals surface area contributed by atoms with Crippen molar-refractivity contribution in [1.29, 1.82) is 0 Å². The summed E-state index contributed by atoms with van der Waals surface area (Å²) in [6.07, 6.45) is 0.185. The smallest absolute Gasteiger partial charge is 0.341 e. The quantitative estimate of drug-likeness (QED) is 0.750. The molecule has 1 aromatic heterocycles. The minimum atomic E-state index is -0.453. The first kappa shape index (κ1) is 21.5. The molecule has 2 aromatic rings. The van der Waals surface area contributed by atoms with Crippen LogP contribution in [0, 0.1) is 13.8 Å². The number of anilines is 1. The van der Waals surface area contributed by atoms with Crippen molar-refractivity contribution in [2.45, 2.75) is 39.9 Å². The summed E-state index contributed by atoms with van der Waals surface area (Å²) in [5.41, 5.74) is 4.33. The lowest BCUT2D eigenvalue weighted by atomic mass is 9.97. The maximum atomic E-state index is 12.7. The van der Waals surface area contributed by atoms with E-state index in [2.05, 4.69) is 10.2 Å². The zero-order valence-electron chi connectivity index (χ0n) is 17.6. The third kappa shape index (κ3) is 5.04. The van der Waals surface area contributed by atoms with E-state index in [9.17, 15) is 9.59 Å². The third-order valence-corrected chi connectivity index (χ3v) is 5.87. The second-order valence-electron chi connectivity index (χ2n) is 7.66. The Labute approximate surface area is 175 Å². The molecule has 0 aliphatic carbocycles. The number of amides is 1. The summed E-state index contributed by atoms with van der Waals surface area (Å²) < 4.78 is 10.7. The van der Waals surface area contributed by atoms with E-state index in [-0.39, 0.29) is 24.7 Å². The van der Waals surface area contributed by atoms with Crippen LogP contribution in [-0.2, 0) is 14.3 Å². The van der Waals surface area contributed by atoms with Gasteiger partial charge in [-0.3, -0.25) is 9.69 Å². The highest BCUT2D eigenvalue weighted by Crippen LogP contribution is 2.38. The lowest BCUT2D eigenvalue weighted by Gasteiger charge is -2.34. The maximum Gasteiger partial charge on any atom is 0.341 e. The molecule has 1 amide bonds. The van der Waals surface area contributed by atoms with E-state index in [1.165, 1.54) is 18.4 Å². The number of hydrogen-bond donors (Lipinski definition) is 1. The Morgan fingerprint density at radius 1 is 1.21 bits per heavy atom. The number of esters is 1. The van der Waals surface area contributed by atoms with Gasteiger partial charge in [-0.1, -0.05) is 23.8 Å². The maximum absolute atomic E-state index is 12.7. The number of hydrogen-bond acceptors (Lipinski definition) is 6. The molecule has 0 radical (unpaired) electrons. The van der Waals surface area contributed by atoms with E-state index in [0.717, 1.165) is 22.3 Å². The summed E-state index contributed by atoms with van der Waals surface area (Å²) in [7, 11) is 1.36. The summed E-state index contributed by atoms with van der Waals surface area (Å²) in [6.45, 7) is 9.71. The molecule has 0 saturated carbocycles. The number of rotatable bonds is 5. The van der Waals surface area contributed by atoms with Crippen molar-refractivity contribution in [3.05, 3.63) is 40.3 Å². The zero-order valence-corrected chi connectivity index (χ0v) is 18.4. The summed E-state index contributed by atoms with van der Waals surface area (Å²) >= 11 is 1.34. The normalized spacial score (nSPS) is 19.8. The van der Waals surface area contributed by atoms with Gasteiger partial charge in [-0.2, -0.15) is 0 Å².